The monoisotopic (exact) mass is 248 g/mol. The maximum atomic E-state index is 13.4. The average Bonchev–Trinajstić information content (AvgIpc) is 2.37. The smallest absolute Gasteiger partial charge is 0.163 e. The van der Waals surface area contributed by atoms with Gasteiger partial charge in [-0.05, 0) is 24.6 Å². The van der Waals surface area contributed by atoms with E-state index in [1.807, 2.05) is 19.1 Å². The molecular formula is C14H14F2N2. The highest BCUT2D eigenvalue weighted by Gasteiger charge is 2.07. The maximum absolute atomic E-state index is 13.4. The van der Waals surface area contributed by atoms with Gasteiger partial charge in [0.2, 0.25) is 0 Å². The molecule has 1 aromatic carbocycles. The lowest BCUT2D eigenvalue weighted by molar-refractivity contribution is 0.492. The maximum Gasteiger partial charge on any atom is 0.163 e. The third kappa shape index (κ3) is 2.90. The van der Waals surface area contributed by atoms with Crippen LogP contribution in [0.25, 0.3) is 0 Å². The highest BCUT2D eigenvalue weighted by atomic mass is 19.2. The summed E-state index contributed by atoms with van der Waals surface area (Å²) in [5, 5.41) is 3.06. The zero-order chi connectivity index (χ0) is 13.0. The molecule has 2 nitrogen and oxygen atoms in total. The normalized spacial score (nSPS) is 10.6. The Morgan fingerprint density at radius 2 is 1.94 bits per heavy atom. The predicted molar refractivity (Wildman–Crippen MR) is 65.9 cm³/mol. The molecule has 2 aromatic rings. The largest absolute Gasteiger partial charge is 0.307 e. The van der Waals surface area contributed by atoms with Gasteiger partial charge in [0.25, 0.3) is 0 Å². The number of rotatable bonds is 4. The molecule has 0 bridgehead atoms. The van der Waals surface area contributed by atoms with Crippen molar-refractivity contribution in [2.45, 2.75) is 20.0 Å². The Morgan fingerprint density at radius 1 is 1.11 bits per heavy atom. The second kappa shape index (κ2) is 5.69. The SMILES string of the molecule is Cc1cccnc1CNCc1cccc(F)c1F. The number of aryl methyl sites for hydroxylation is 1. The lowest BCUT2D eigenvalue weighted by Crippen LogP contribution is -2.15. The summed E-state index contributed by atoms with van der Waals surface area (Å²) in [7, 11) is 0. The Morgan fingerprint density at radius 3 is 2.72 bits per heavy atom. The van der Waals surface area contributed by atoms with Crippen molar-refractivity contribution in [3.63, 3.8) is 0 Å². The number of pyridine rings is 1. The van der Waals surface area contributed by atoms with Gasteiger partial charge >= 0.3 is 0 Å². The lowest BCUT2D eigenvalue weighted by atomic mass is 10.2. The fraction of sp³-hybridized carbons (Fsp3) is 0.214. The van der Waals surface area contributed by atoms with E-state index in [4.69, 9.17) is 0 Å². The van der Waals surface area contributed by atoms with Crippen molar-refractivity contribution in [2.24, 2.45) is 0 Å². The van der Waals surface area contributed by atoms with E-state index in [1.165, 1.54) is 6.07 Å². The van der Waals surface area contributed by atoms with Crippen LogP contribution in [0.15, 0.2) is 36.5 Å². The number of hydrogen-bond acceptors (Lipinski definition) is 2. The first-order chi connectivity index (χ1) is 8.68. The molecule has 1 N–H and O–H groups in total. The van der Waals surface area contributed by atoms with Crippen LogP contribution >= 0.6 is 0 Å². The Hall–Kier alpha value is -1.81. The van der Waals surface area contributed by atoms with Gasteiger partial charge in [0.1, 0.15) is 0 Å². The first-order valence-electron chi connectivity index (χ1n) is 5.72. The summed E-state index contributed by atoms with van der Waals surface area (Å²) in [4.78, 5) is 4.22. The number of aromatic nitrogens is 1. The molecule has 0 saturated carbocycles. The van der Waals surface area contributed by atoms with Crippen molar-refractivity contribution in [2.75, 3.05) is 0 Å². The molecule has 0 aliphatic heterocycles. The Labute approximate surface area is 105 Å². The third-order valence-electron chi connectivity index (χ3n) is 2.76. The molecule has 2 rings (SSSR count). The van der Waals surface area contributed by atoms with E-state index < -0.39 is 11.6 Å². The zero-order valence-electron chi connectivity index (χ0n) is 10.1. The first-order valence-corrected chi connectivity index (χ1v) is 5.72. The molecule has 1 heterocycles. The van der Waals surface area contributed by atoms with Crippen molar-refractivity contribution in [3.05, 3.63) is 65.0 Å². The number of benzene rings is 1. The molecule has 1 aromatic heterocycles. The summed E-state index contributed by atoms with van der Waals surface area (Å²) in [5.74, 6) is -1.61. The molecule has 0 amide bonds. The number of nitrogens with zero attached hydrogens (tertiary/aromatic N) is 1. The van der Waals surface area contributed by atoms with Crippen LogP contribution in [0.4, 0.5) is 8.78 Å². The summed E-state index contributed by atoms with van der Waals surface area (Å²) < 4.78 is 26.4. The molecule has 0 spiro atoms. The van der Waals surface area contributed by atoms with Gasteiger partial charge in [-0.25, -0.2) is 8.78 Å². The van der Waals surface area contributed by atoms with Crippen LogP contribution in [0.2, 0.25) is 0 Å². The van der Waals surface area contributed by atoms with Gasteiger partial charge < -0.3 is 5.32 Å². The second-order valence-corrected chi connectivity index (χ2v) is 4.08. The number of nitrogens with one attached hydrogen (secondary N) is 1. The van der Waals surface area contributed by atoms with E-state index in [2.05, 4.69) is 10.3 Å². The van der Waals surface area contributed by atoms with Crippen LogP contribution in [0.5, 0.6) is 0 Å². The van der Waals surface area contributed by atoms with E-state index in [0.29, 0.717) is 12.1 Å². The van der Waals surface area contributed by atoms with Gasteiger partial charge in [0.15, 0.2) is 11.6 Å². The Balaban J connectivity index is 1.97. The molecule has 0 fully saturated rings. The molecule has 0 atom stereocenters. The van der Waals surface area contributed by atoms with Gasteiger partial charge in [-0.3, -0.25) is 4.98 Å². The van der Waals surface area contributed by atoms with Crippen molar-refractivity contribution in [3.8, 4) is 0 Å². The van der Waals surface area contributed by atoms with Crippen molar-refractivity contribution in [1.29, 1.82) is 0 Å². The third-order valence-corrected chi connectivity index (χ3v) is 2.76. The molecule has 0 saturated heterocycles. The fourth-order valence-corrected chi connectivity index (χ4v) is 1.70. The Bertz CT molecular complexity index is 541. The molecule has 0 aliphatic rings. The van der Waals surface area contributed by atoms with Crippen molar-refractivity contribution < 1.29 is 8.78 Å². The first kappa shape index (κ1) is 12.6. The summed E-state index contributed by atoms with van der Waals surface area (Å²) in [6.07, 6.45) is 1.72. The van der Waals surface area contributed by atoms with Crippen LogP contribution < -0.4 is 5.32 Å². The zero-order valence-corrected chi connectivity index (χ0v) is 10.1. The van der Waals surface area contributed by atoms with E-state index >= 15 is 0 Å². The topological polar surface area (TPSA) is 24.9 Å². The fourth-order valence-electron chi connectivity index (χ4n) is 1.70. The average molecular weight is 248 g/mol. The van der Waals surface area contributed by atoms with Gasteiger partial charge in [0.05, 0.1) is 5.69 Å². The number of halogens is 2. The van der Waals surface area contributed by atoms with Gasteiger partial charge in [-0.2, -0.15) is 0 Å². The molecule has 0 unspecified atom stereocenters. The van der Waals surface area contributed by atoms with Gasteiger partial charge in [-0.1, -0.05) is 18.2 Å². The van der Waals surface area contributed by atoms with Crippen LogP contribution in [0.1, 0.15) is 16.8 Å². The predicted octanol–water partition coefficient (Wildman–Crippen LogP) is 2.96. The van der Waals surface area contributed by atoms with Crippen LogP contribution in [-0.4, -0.2) is 4.98 Å². The highest BCUT2D eigenvalue weighted by Crippen LogP contribution is 2.11. The minimum atomic E-state index is -0.816. The summed E-state index contributed by atoms with van der Waals surface area (Å²) >= 11 is 0. The molecule has 0 radical (unpaired) electrons. The van der Waals surface area contributed by atoms with E-state index in [0.717, 1.165) is 17.3 Å². The minimum Gasteiger partial charge on any atom is -0.307 e. The van der Waals surface area contributed by atoms with E-state index in [1.54, 1.807) is 12.3 Å². The Kier molecular flexibility index (Phi) is 3.99. The van der Waals surface area contributed by atoms with Crippen LogP contribution in [0.3, 0.4) is 0 Å². The van der Waals surface area contributed by atoms with Crippen LogP contribution in [-0.2, 0) is 13.1 Å². The highest BCUT2D eigenvalue weighted by molar-refractivity contribution is 5.20. The minimum absolute atomic E-state index is 0.277. The molecular weight excluding hydrogens is 234 g/mol. The van der Waals surface area contributed by atoms with E-state index in [-0.39, 0.29) is 6.54 Å². The molecule has 0 aliphatic carbocycles. The van der Waals surface area contributed by atoms with Gasteiger partial charge in [-0.15, -0.1) is 0 Å². The molecule has 18 heavy (non-hydrogen) atoms. The second-order valence-electron chi connectivity index (χ2n) is 4.08. The summed E-state index contributed by atoms with van der Waals surface area (Å²) in [5.41, 5.74) is 2.31. The summed E-state index contributed by atoms with van der Waals surface area (Å²) in [6.45, 7) is 2.77. The van der Waals surface area contributed by atoms with Gasteiger partial charge in [0, 0.05) is 24.8 Å². The van der Waals surface area contributed by atoms with Crippen LogP contribution in [0, 0.1) is 18.6 Å². The summed E-state index contributed by atoms with van der Waals surface area (Å²) in [6, 6.07) is 8.01. The number of hydrogen-bond donors (Lipinski definition) is 1. The molecule has 4 heteroatoms. The lowest BCUT2D eigenvalue weighted by Gasteiger charge is -2.07. The quantitative estimate of drug-likeness (QED) is 0.899. The van der Waals surface area contributed by atoms with Crippen molar-refractivity contribution in [1.82, 2.24) is 10.3 Å². The molecule has 94 valence electrons. The van der Waals surface area contributed by atoms with Crippen molar-refractivity contribution >= 4 is 0 Å². The van der Waals surface area contributed by atoms with E-state index in [9.17, 15) is 8.78 Å². The standard InChI is InChI=1S/C14H14F2N2/c1-10-4-3-7-18-13(10)9-17-8-11-5-2-6-12(15)14(11)16/h2-7,17H,8-9H2,1H3.